The lowest BCUT2D eigenvalue weighted by atomic mass is 9.87. The van der Waals surface area contributed by atoms with Gasteiger partial charge in [-0.2, -0.15) is 0 Å². The van der Waals surface area contributed by atoms with Crippen molar-refractivity contribution in [3.8, 4) is 5.75 Å². The van der Waals surface area contributed by atoms with Crippen LogP contribution in [0, 0.1) is 0 Å². The zero-order valence-corrected chi connectivity index (χ0v) is 17.7. The predicted octanol–water partition coefficient (Wildman–Crippen LogP) is 4.49. The maximum atomic E-state index is 12.1. The van der Waals surface area contributed by atoms with Gasteiger partial charge in [-0.05, 0) is 53.6 Å². The molecule has 1 fully saturated rings. The third-order valence-corrected chi connectivity index (χ3v) is 6.10. The first-order chi connectivity index (χ1) is 15.3. The van der Waals surface area contributed by atoms with Crippen LogP contribution in [0.3, 0.4) is 0 Å². The Hall–Kier alpha value is -3.11. The van der Waals surface area contributed by atoms with Crippen molar-refractivity contribution in [2.24, 2.45) is 0 Å². The van der Waals surface area contributed by atoms with Crippen molar-refractivity contribution in [1.82, 2.24) is 10.2 Å². The van der Waals surface area contributed by atoms with Gasteiger partial charge in [-0.25, -0.2) is 0 Å². The van der Waals surface area contributed by atoms with Gasteiger partial charge in [0.15, 0.2) is 6.61 Å². The zero-order chi connectivity index (χ0) is 21.0. The van der Waals surface area contributed by atoms with E-state index in [9.17, 15) is 4.79 Å². The molecule has 0 aromatic heterocycles. The molecule has 1 aliphatic carbocycles. The lowest BCUT2D eigenvalue weighted by Gasteiger charge is -2.38. The van der Waals surface area contributed by atoms with Gasteiger partial charge in [0.2, 0.25) is 0 Å². The Morgan fingerprint density at radius 1 is 0.968 bits per heavy atom. The summed E-state index contributed by atoms with van der Waals surface area (Å²) in [6, 6.07) is 28.1. The maximum Gasteiger partial charge on any atom is 0.258 e. The fourth-order valence-electron chi connectivity index (χ4n) is 4.39. The summed E-state index contributed by atoms with van der Waals surface area (Å²) < 4.78 is 5.87. The molecule has 1 atom stereocenters. The van der Waals surface area contributed by atoms with Crippen molar-refractivity contribution in [3.63, 3.8) is 0 Å². The first kappa shape index (κ1) is 19.8. The SMILES string of the molecule is O=C(COc1ccc2c(c1)[C@@H](c1ccccc1)N(Cc1ccccc1)CC2)NC1CC1. The third kappa shape index (κ3) is 4.80. The van der Waals surface area contributed by atoms with Crippen LogP contribution in [0.5, 0.6) is 5.75 Å². The lowest BCUT2D eigenvalue weighted by Crippen LogP contribution is -2.35. The summed E-state index contributed by atoms with van der Waals surface area (Å²) in [4.78, 5) is 14.6. The number of hydrogen-bond donors (Lipinski definition) is 1. The van der Waals surface area contributed by atoms with Gasteiger partial charge >= 0.3 is 0 Å². The Morgan fingerprint density at radius 2 is 1.71 bits per heavy atom. The first-order valence-corrected chi connectivity index (χ1v) is 11.1. The summed E-state index contributed by atoms with van der Waals surface area (Å²) in [5.41, 5.74) is 5.22. The van der Waals surface area contributed by atoms with Crippen LogP contribution in [0.2, 0.25) is 0 Å². The highest BCUT2D eigenvalue weighted by atomic mass is 16.5. The van der Waals surface area contributed by atoms with E-state index in [0.29, 0.717) is 6.04 Å². The monoisotopic (exact) mass is 412 g/mol. The summed E-state index contributed by atoms with van der Waals surface area (Å²) >= 11 is 0. The van der Waals surface area contributed by atoms with Crippen molar-refractivity contribution < 1.29 is 9.53 Å². The Morgan fingerprint density at radius 3 is 2.45 bits per heavy atom. The van der Waals surface area contributed by atoms with Crippen molar-refractivity contribution in [2.75, 3.05) is 13.2 Å². The summed E-state index contributed by atoms with van der Waals surface area (Å²) in [6.07, 6.45) is 3.18. The number of nitrogens with zero attached hydrogens (tertiary/aromatic N) is 1. The van der Waals surface area contributed by atoms with Crippen LogP contribution in [-0.4, -0.2) is 30.0 Å². The Labute approximate surface area is 183 Å². The molecule has 3 aromatic carbocycles. The molecule has 158 valence electrons. The largest absolute Gasteiger partial charge is 0.484 e. The molecule has 1 saturated carbocycles. The molecular formula is C27H28N2O2. The van der Waals surface area contributed by atoms with E-state index in [2.05, 4.69) is 83.0 Å². The molecule has 0 radical (unpaired) electrons. The molecule has 4 heteroatoms. The topological polar surface area (TPSA) is 41.6 Å². The van der Waals surface area contributed by atoms with Crippen LogP contribution in [-0.2, 0) is 17.8 Å². The maximum absolute atomic E-state index is 12.1. The second-order valence-electron chi connectivity index (χ2n) is 8.51. The summed E-state index contributed by atoms with van der Waals surface area (Å²) in [5, 5.41) is 2.98. The van der Waals surface area contributed by atoms with Crippen LogP contribution in [0.25, 0.3) is 0 Å². The van der Waals surface area contributed by atoms with E-state index in [1.54, 1.807) is 0 Å². The Balaban J connectivity index is 1.41. The van der Waals surface area contributed by atoms with Crippen LogP contribution in [0.15, 0.2) is 78.9 Å². The number of nitrogens with one attached hydrogen (secondary N) is 1. The van der Waals surface area contributed by atoms with Crippen LogP contribution < -0.4 is 10.1 Å². The molecule has 0 unspecified atom stereocenters. The number of fused-ring (bicyclic) bond motifs is 1. The molecule has 1 heterocycles. The second-order valence-corrected chi connectivity index (χ2v) is 8.51. The van der Waals surface area contributed by atoms with Gasteiger partial charge in [0.1, 0.15) is 5.75 Å². The van der Waals surface area contributed by atoms with E-state index in [0.717, 1.165) is 38.1 Å². The van der Waals surface area contributed by atoms with Crippen LogP contribution in [0.1, 0.15) is 41.1 Å². The molecule has 4 nitrogen and oxygen atoms in total. The second kappa shape index (κ2) is 8.94. The summed E-state index contributed by atoms with van der Waals surface area (Å²) in [7, 11) is 0. The highest BCUT2D eigenvalue weighted by molar-refractivity contribution is 5.78. The molecule has 0 saturated heterocycles. The average Bonchev–Trinajstić information content (AvgIpc) is 3.62. The molecule has 3 aromatic rings. The highest BCUT2D eigenvalue weighted by Gasteiger charge is 2.29. The Bertz CT molecular complexity index is 1030. The minimum absolute atomic E-state index is 0.0365. The number of amides is 1. The lowest BCUT2D eigenvalue weighted by molar-refractivity contribution is -0.123. The van der Waals surface area contributed by atoms with Gasteiger partial charge < -0.3 is 10.1 Å². The number of rotatable bonds is 7. The smallest absolute Gasteiger partial charge is 0.258 e. The molecule has 5 rings (SSSR count). The molecule has 1 amide bonds. The molecule has 1 aliphatic heterocycles. The zero-order valence-electron chi connectivity index (χ0n) is 17.7. The number of carbonyl (C=O) groups is 1. The highest BCUT2D eigenvalue weighted by Crippen LogP contribution is 2.38. The van der Waals surface area contributed by atoms with Crippen molar-refractivity contribution in [1.29, 1.82) is 0 Å². The molecule has 1 N–H and O–H groups in total. The molecule has 0 bridgehead atoms. The van der Waals surface area contributed by atoms with Crippen LogP contribution in [0.4, 0.5) is 0 Å². The van der Waals surface area contributed by atoms with Gasteiger partial charge in [0.25, 0.3) is 5.91 Å². The minimum atomic E-state index is -0.0365. The van der Waals surface area contributed by atoms with E-state index < -0.39 is 0 Å². The number of hydrogen-bond acceptors (Lipinski definition) is 3. The van der Waals surface area contributed by atoms with Crippen molar-refractivity contribution in [2.45, 2.75) is 37.9 Å². The van der Waals surface area contributed by atoms with E-state index in [4.69, 9.17) is 4.74 Å². The van der Waals surface area contributed by atoms with E-state index in [1.165, 1.54) is 22.3 Å². The van der Waals surface area contributed by atoms with E-state index in [-0.39, 0.29) is 18.6 Å². The fraction of sp³-hybridized carbons (Fsp3) is 0.296. The first-order valence-electron chi connectivity index (χ1n) is 11.1. The summed E-state index contributed by atoms with van der Waals surface area (Å²) in [6.45, 7) is 1.97. The van der Waals surface area contributed by atoms with Crippen LogP contribution >= 0.6 is 0 Å². The predicted molar refractivity (Wildman–Crippen MR) is 122 cm³/mol. The Kier molecular flexibility index (Phi) is 5.72. The van der Waals surface area contributed by atoms with Crippen molar-refractivity contribution in [3.05, 3.63) is 101 Å². The average molecular weight is 413 g/mol. The normalized spacial score (nSPS) is 18.3. The quantitative estimate of drug-likeness (QED) is 0.622. The van der Waals surface area contributed by atoms with Gasteiger partial charge in [0, 0.05) is 19.1 Å². The third-order valence-electron chi connectivity index (χ3n) is 6.10. The molecule has 0 spiro atoms. The minimum Gasteiger partial charge on any atom is -0.484 e. The van der Waals surface area contributed by atoms with Gasteiger partial charge in [-0.3, -0.25) is 9.69 Å². The standard InChI is InChI=1S/C27H28N2O2/c30-26(28-23-12-13-23)19-31-24-14-11-21-15-16-29(18-20-7-3-1-4-8-20)27(25(21)17-24)22-9-5-2-6-10-22/h1-11,14,17,23,27H,12-13,15-16,18-19H2,(H,28,30)/t27-/m1/s1. The van der Waals surface area contributed by atoms with Crippen molar-refractivity contribution >= 4 is 5.91 Å². The van der Waals surface area contributed by atoms with E-state index in [1.807, 2.05) is 6.07 Å². The molecule has 2 aliphatic rings. The van der Waals surface area contributed by atoms with Gasteiger partial charge in [0.05, 0.1) is 6.04 Å². The fourth-order valence-corrected chi connectivity index (χ4v) is 4.39. The van der Waals surface area contributed by atoms with Gasteiger partial charge in [-0.1, -0.05) is 66.7 Å². The number of benzene rings is 3. The number of carbonyl (C=O) groups excluding carboxylic acids is 1. The summed E-state index contributed by atoms with van der Waals surface area (Å²) in [5.74, 6) is 0.720. The molecular weight excluding hydrogens is 384 g/mol. The number of ether oxygens (including phenoxy) is 1. The molecule has 31 heavy (non-hydrogen) atoms. The van der Waals surface area contributed by atoms with E-state index >= 15 is 0 Å². The van der Waals surface area contributed by atoms with Gasteiger partial charge in [-0.15, -0.1) is 0 Å².